The number of anilines is 3. The van der Waals surface area contributed by atoms with E-state index >= 15 is 0 Å². The van der Waals surface area contributed by atoms with Gasteiger partial charge in [-0.15, -0.1) is 11.3 Å². The minimum atomic E-state index is 1.12. The summed E-state index contributed by atoms with van der Waals surface area (Å²) in [7, 11) is 0. The largest absolute Gasteiger partial charge is 0.310 e. The van der Waals surface area contributed by atoms with Gasteiger partial charge in [-0.3, -0.25) is 0 Å². The van der Waals surface area contributed by atoms with Crippen LogP contribution in [0.25, 0.3) is 53.6 Å². The second-order valence-corrected chi connectivity index (χ2v) is 12.0. The van der Waals surface area contributed by atoms with E-state index in [9.17, 15) is 0 Å². The zero-order valence-corrected chi connectivity index (χ0v) is 24.9. The molecule has 8 rings (SSSR count). The van der Waals surface area contributed by atoms with E-state index in [1.807, 2.05) is 11.3 Å². The van der Waals surface area contributed by atoms with Gasteiger partial charge in [0.15, 0.2) is 0 Å². The smallest absolute Gasteiger partial charge is 0.0546 e. The van der Waals surface area contributed by atoms with Gasteiger partial charge in [0, 0.05) is 37.1 Å². The van der Waals surface area contributed by atoms with Crippen LogP contribution in [-0.4, -0.2) is 0 Å². The molecule has 0 aliphatic heterocycles. The van der Waals surface area contributed by atoms with Gasteiger partial charge >= 0.3 is 0 Å². The number of nitrogens with zero attached hydrogens (tertiary/aromatic N) is 1. The van der Waals surface area contributed by atoms with E-state index in [0.717, 1.165) is 17.1 Å². The van der Waals surface area contributed by atoms with Crippen LogP contribution in [0.3, 0.4) is 0 Å². The summed E-state index contributed by atoms with van der Waals surface area (Å²) in [6.45, 7) is 0. The molecule has 0 saturated heterocycles. The Balaban J connectivity index is 1.43. The first-order valence-corrected chi connectivity index (χ1v) is 15.8. The lowest BCUT2D eigenvalue weighted by atomic mass is 9.87. The third-order valence-corrected chi connectivity index (χ3v) is 9.42. The topological polar surface area (TPSA) is 3.24 Å². The van der Waals surface area contributed by atoms with Crippen molar-refractivity contribution in [2.75, 3.05) is 4.90 Å². The maximum Gasteiger partial charge on any atom is 0.0546 e. The molecule has 8 aromatic rings. The minimum Gasteiger partial charge on any atom is -0.310 e. The van der Waals surface area contributed by atoms with Crippen LogP contribution < -0.4 is 4.90 Å². The van der Waals surface area contributed by atoms with Gasteiger partial charge in [-0.25, -0.2) is 0 Å². The Morgan fingerprint density at radius 2 is 0.932 bits per heavy atom. The number of hydrogen-bond acceptors (Lipinski definition) is 2. The van der Waals surface area contributed by atoms with Crippen molar-refractivity contribution in [1.82, 2.24) is 0 Å². The van der Waals surface area contributed by atoms with Crippen LogP contribution in [0, 0.1) is 0 Å². The van der Waals surface area contributed by atoms with Crippen LogP contribution in [0.2, 0.25) is 0 Å². The summed E-state index contributed by atoms with van der Waals surface area (Å²) in [5, 5.41) is 2.61. The Kier molecular flexibility index (Phi) is 6.75. The molecular weight excluding hydrogens is 551 g/mol. The highest BCUT2D eigenvalue weighted by molar-refractivity contribution is 7.25. The average molecular weight is 580 g/mol. The summed E-state index contributed by atoms with van der Waals surface area (Å²) in [4.78, 5) is 2.42. The number of benzene rings is 7. The summed E-state index contributed by atoms with van der Waals surface area (Å²) in [6, 6.07) is 63.4. The van der Waals surface area contributed by atoms with Crippen molar-refractivity contribution in [2.24, 2.45) is 0 Å². The third-order valence-electron chi connectivity index (χ3n) is 8.28. The molecule has 0 amide bonds. The van der Waals surface area contributed by atoms with Crippen molar-refractivity contribution in [2.45, 2.75) is 0 Å². The van der Waals surface area contributed by atoms with Crippen LogP contribution in [0.15, 0.2) is 176 Å². The molecule has 0 unspecified atom stereocenters. The first-order valence-electron chi connectivity index (χ1n) is 14.9. The molecule has 0 aliphatic rings. The molecule has 208 valence electrons. The van der Waals surface area contributed by atoms with Gasteiger partial charge in [-0.05, 0) is 64.2 Å². The van der Waals surface area contributed by atoms with Crippen LogP contribution in [0.5, 0.6) is 0 Å². The van der Waals surface area contributed by atoms with E-state index in [4.69, 9.17) is 0 Å². The van der Waals surface area contributed by atoms with Gasteiger partial charge < -0.3 is 4.90 Å². The summed E-state index contributed by atoms with van der Waals surface area (Å²) < 4.78 is 2.60. The first kappa shape index (κ1) is 26.2. The molecular formula is C42H29NS. The first-order chi connectivity index (χ1) is 21.8. The zero-order chi connectivity index (χ0) is 29.3. The lowest BCUT2D eigenvalue weighted by molar-refractivity contribution is 1.29. The Bertz CT molecular complexity index is 2220. The Labute approximate surface area is 261 Å². The van der Waals surface area contributed by atoms with Crippen molar-refractivity contribution in [3.63, 3.8) is 0 Å². The van der Waals surface area contributed by atoms with Crippen molar-refractivity contribution in [3.05, 3.63) is 176 Å². The van der Waals surface area contributed by atoms with E-state index in [1.165, 1.54) is 53.6 Å². The summed E-state index contributed by atoms with van der Waals surface area (Å²) in [5.74, 6) is 0. The van der Waals surface area contributed by atoms with E-state index in [1.54, 1.807) is 0 Å². The predicted molar refractivity (Wildman–Crippen MR) is 190 cm³/mol. The normalized spacial score (nSPS) is 11.2. The van der Waals surface area contributed by atoms with Gasteiger partial charge in [0.25, 0.3) is 0 Å². The molecule has 44 heavy (non-hydrogen) atoms. The van der Waals surface area contributed by atoms with Crippen LogP contribution in [-0.2, 0) is 0 Å². The molecule has 0 spiro atoms. The number of para-hydroxylation sites is 1. The summed E-state index contributed by atoms with van der Waals surface area (Å²) >= 11 is 1.86. The van der Waals surface area contributed by atoms with Crippen molar-refractivity contribution in [1.29, 1.82) is 0 Å². The molecule has 0 atom stereocenters. The molecule has 1 aromatic heterocycles. The van der Waals surface area contributed by atoms with Gasteiger partial charge in [0.1, 0.15) is 0 Å². The molecule has 1 nitrogen and oxygen atoms in total. The molecule has 2 heteroatoms. The van der Waals surface area contributed by atoms with Gasteiger partial charge in [-0.2, -0.15) is 0 Å². The van der Waals surface area contributed by atoms with Gasteiger partial charge in [-0.1, -0.05) is 140 Å². The molecule has 0 fully saturated rings. The van der Waals surface area contributed by atoms with Crippen LogP contribution in [0.4, 0.5) is 17.1 Å². The molecule has 0 aliphatic carbocycles. The monoisotopic (exact) mass is 579 g/mol. The molecule has 0 saturated carbocycles. The van der Waals surface area contributed by atoms with Gasteiger partial charge in [0.2, 0.25) is 0 Å². The Hall–Kier alpha value is -5.44. The number of hydrogen-bond donors (Lipinski definition) is 0. The predicted octanol–water partition coefficient (Wildman–Crippen LogP) is 12.5. The van der Waals surface area contributed by atoms with Crippen molar-refractivity contribution in [3.8, 4) is 33.4 Å². The fourth-order valence-corrected chi connectivity index (χ4v) is 7.44. The molecule has 0 bridgehead atoms. The Morgan fingerprint density at radius 3 is 1.68 bits per heavy atom. The second kappa shape index (κ2) is 11.3. The number of thiophene rings is 1. The highest BCUT2D eigenvalue weighted by Crippen LogP contribution is 2.48. The molecule has 0 radical (unpaired) electrons. The standard InChI is InChI=1S/C42H29NS/c1-4-15-30(16-5-1)34-21-10-11-23-38(34)42-35(31-17-6-2-7-18-31)24-14-25-39(42)43(32-19-8-3-9-20-32)33-27-28-37-36-22-12-13-26-40(36)44-41(37)29-33/h1-29H. The highest BCUT2D eigenvalue weighted by atomic mass is 32.1. The average Bonchev–Trinajstić information content (AvgIpc) is 3.48. The lowest BCUT2D eigenvalue weighted by Gasteiger charge is -2.30. The number of fused-ring (bicyclic) bond motifs is 3. The van der Waals surface area contributed by atoms with E-state index in [2.05, 4.69) is 181 Å². The van der Waals surface area contributed by atoms with Crippen LogP contribution >= 0.6 is 11.3 Å². The van der Waals surface area contributed by atoms with Crippen LogP contribution in [0.1, 0.15) is 0 Å². The van der Waals surface area contributed by atoms with E-state index in [0.29, 0.717) is 0 Å². The van der Waals surface area contributed by atoms with Crippen molar-refractivity contribution < 1.29 is 0 Å². The van der Waals surface area contributed by atoms with E-state index in [-0.39, 0.29) is 0 Å². The second-order valence-electron chi connectivity index (χ2n) is 10.9. The molecule has 1 heterocycles. The molecule has 0 N–H and O–H groups in total. The van der Waals surface area contributed by atoms with E-state index < -0.39 is 0 Å². The quantitative estimate of drug-likeness (QED) is 0.189. The fraction of sp³-hybridized carbons (Fsp3) is 0. The lowest BCUT2D eigenvalue weighted by Crippen LogP contribution is -2.11. The summed E-state index contributed by atoms with van der Waals surface area (Å²) in [5.41, 5.74) is 10.6. The maximum atomic E-state index is 2.42. The summed E-state index contributed by atoms with van der Waals surface area (Å²) in [6.07, 6.45) is 0. The maximum absolute atomic E-state index is 2.42. The minimum absolute atomic E-state index is 1.12. The highest BCUT2D eigenvalue weighted by Gasteiger charge is 2.23. The number of rotatable bonds is 6. The Morgan fingerprint density at radius 1 is 0.364 bits per heavy atom. The van der Waals surface area contributed by atoms with Crippen molar-refractivity contribution >= 4 is 48.6 Å². The van der Waals surface area contributed by atoms with Gasteiger partial charge in [0.05, 0.1) is 5.69 Å². The SMILES string of the molecule is c1ccc(-c2ccccc2-c2c(-c3ccccc3)cccc2N(c2ccccc2)c2ccc3c(c2)sc2ccccc23)cc1. The molecule has 7 aromatic carbocycles. The third kappa shape index (κ3) is 4.66. The fourth-order valence-electron chi connectivity index (χ4n) is 6.30. The zero-order valence-electron chi connectivity index (χ0n) is 24.1.